The van der Waals surface area contributed by atoms with Crippen molar-refractivity contribution < 1.29 is 0 Å². The maximum absolute atomic E-state index is 6.00. The molecule has 0 amide bonds. The minimum Gasteiger partial charge on any atom is -0.384 e. The standard InChI is InChI=1S/C15H12ClN7/c1-9-6-13(17)23(21-9)15-12-7-20-22(14(12)18-8-19-15)11-4-2-10(16)3-5-11/h2-8H,17H2,1H3. The maximum atomic E-state index is 6.00. The number of rotatable bonds is 2. The van der Waals surface area contributed by atoms with Crippen LogP contribution in [0.2, 0.25) is 5.02 Å². The molecule has 0 aliphatic rings. The molecule has 0 spiro atoms. The number of hydrogen-bond acceptors (Lipinski definition) is 5. The van der Waals surface area contributed by atoms with Crippen molar-refractivity contribution in [2.45, 2.75) is 6.92 Å². The number of aromatic nitrogens is 6. The van der Waals surface area contributed by atoms with Crippen molar-refractivity contribution in [3.05, 3.63) is 53.6 Å². The van der Waals surface area contributed by atoms with Gasteiger partial charge in [0.1, 0.15) is 12.1 Å². The topological polar surface area (TPSA) is 87.4 Å². The third kappa shape index (κ3) is 2.22. The summed E-state index contributed by atoms with van der Waals surface area (Å²) >= 11 is 5.94. The van der Waals surface area contributed by atoms with E-state index in [0.29, 0.717) is 22.3 Å². The molecule has 0 unspecified atom stereocenters. The van der Waals surface area contributed by atoms with Crippen molar-refractivity contribution in [3.63, 3.8) is 0 Å². The van der Waals surface area contributed by atoms with Crippen LogP contribution in [0.4, 0.5) is 5.82 Å². The van der Waals surface area contributed by atoms with E-state index in [9.17, 15) is 0 Å². The number of anilines is 1. The minimum atomic E-state index is 0.516. The van der Waals surface area contributed by atoms with E-state index in [0.717, 1.165) is 16.8 Å². The van der Waals surface area contributed by atoms with Crippen molar-refractivity contribution in [1.29, 1.82) is 0 Å². The molecule has 4 rings (SSSR count). The van der Waals surface area contributed by atoms with E-state index in [1.807, 2.05) is 19.1 Å². The summed E-state index contributed by atoms with van der Waals surface area (Å²) in [7, 11) is 0. The van der Waals surface area contributed by atoms with Gasteiger partial charge in [-0.05, 0) is 31.2 Å². The lowest BCUT2D eigenvalue weighted by molar-refractivity contribution is 0.843. The molecule has 0 fully saturated rings. The Kier molecular flexibility index (Phi) is 3.02. The van der Waals surface area contributed by atoms with E-state index in [1.165, 1.54) is 6.33 Å². The van der Waals surface area contributed by atoms with Crippen LogP contribution in [0, 0.1) is 6.92 Å². The van der Waals surface area contributed by atoms with Crippen LogP contribution < -0.4 is 5.73 Å². The molecule has 3 aromatic heterocycles. The molecule has 0 aliphatic carbocycles. The van der Waals surface area contributed by atoms with Crippen LogP contribution in [-0.2, 0) is 0 Å². The van der Waals surface area contributed by atoms with E-state index >= 15 is 0 Å². The van der Waals surface area contributed by atoms with Crippen molar-refractivity contribution in [2.75, 3.05) is 5.73 Å². The number of fused-ring (bicyclic) bond motifs is 1. The van der Waals surface area contributed by atoms with E-state index in [2.05, 4.69) is 20.2 Å². The first-order valence-corrected chi connectivity index (χ1v) is 7.28. The highest BCUT2D eigenvalue weighted by Crippen LogP contribution is 2.23. The van der Waals surface area contributed by atoms with Crippen LogP contribution in [0.1, 0.15) is 5.69 Å². The summed E-state index contributed by atoms with van der Waals surface area (Å²) in [6, 6.07) is 9.16. The molecule has 4 aromatic rings. The molecule has 2 N–H and O–H groups in total. The van der Waals surface area contributed by atoms with Gasteiger partial charge in [0.15, 0.2) is 11.5 Å². The molecule has 0 saturated heterocycles. The van der Waals surface area contributed by atoms with Crippen molar-refractivity contribution >= 4 is 28.5 Å². The molecular formula is C15H12ClN7. The van der Waals surface area contributed by atoms with E-state index in [-0.39, 0.29) is 0 Å². The van der Waals surface area contributed by atoms with E-state index in [4.69, 9.17) is 17.3 Å². The summed E-state index contributed by atoms with van der Waals surface area (Å²) in [6.45, 7) is 1.88. The quantitative estimate of drug-likeness (QED) is 0.612. The fraction of sp³-hybridized carbons (Fsp3) is 0.0667. The monoisotopic (exact) mass is 325 g/mol. The highest BCUT2D eigenvalue weighted by molar-refractivity contribution is 6.30. The molecule has 0 saturated carbocycles. The summed E-state index contributed by atoms with van der Waals surface area (Å²) in [5.41, 5.74) is 8.35. The molecule has 3 heterocycles. The lowest BCUT2D eigenvalue weighted by atomic mass is 10.3. The zero-order chi connectivity index (χ0) is 16.0. The van der Waals surface area contributed by atoms with Crippen LogP contribution in [0.5, 0.6) is 0 Å². The Balaban J connectivity index is 1.93. The van der Waals surface area contributed by atoms with Gasteiger partial charge in [0.05, 0.1) is 23.0 Å². The number of benzene rings is 1. The SMILES string of the molecule is Cc1cc(N)n(-c2ncnc3c2cnn3-c2ccc(Cl)cc2)n1. The largest absolute Gasteiger partial charge is 0.384 e. The van der Waals surface area contributed by atoms with E-state index in [1.54, 1.807) is 33.8 Å². The number of nitrogens with zero attached hydrogens (tertiary/aromatic N) is 6. The molecule has 0 aliphatic heterocycles. The van der Waals surface area contributed by atoms with Gasteiger partial charge in [0.25, 0.3) is 0 Å². The highest BCUT2D eigenvalue weighted by Gasteiger charge is 2.15. The predicted octanol–water partition coefficient (Wildman–Crippen LogP) is 2.55. The Morgan fingerprint density at radius 3 is 2.57 bits per heavy atom. The van der Waals surface area contributed by atoms with Gasteiger partial charge >= 0.3 is 0 Å². The second-order valence-electron chi connectivity index (χ2n) is 5.09. The molecular weight excluding hydrogens is 314 g/mol. The molecule has 8 heteroatoms. The fourth-order valence-electron chi connectivity index (χ4n) is 2.46. The van der Waals surface area contributed by atoms with Crippen LogP contribution in [-0.4, -0.2) is 29.5 Å². The third-order valence-corrected chi connectivity index (χ3v) is 3.73. The number of aryl methyl sites for hydroxylation is 1. The average molecular weight is 326 g/mol. The Morgan fingerprint density at radius 1 is 1.09 bits per heavy atom. The summed E-state index contributed by atoms with van der Waals surface area (Å²) in [5, 5.41) is 10.2. The van der Waals surface area contributed by atoms with Gasteiger partial charge in [0, 0.05) is 11.1 Å². The van der Waals surface area contributed by atoms with Gasteiger partial charge in [-0.15, -0.1) is 0 Å². The van der Waals surface area contributed by atoms with Crippen molar-refractivity contribution in [2.24, 2.45) is 0 Å². The summed E-state index contributed by atoms with van der Waals surface area (Å²) < 4.78 is 3.32. The van der Waals surface area contributed by atoms with Gasteiger partial charge in [0.2, 0.25) is 0 Å². The first-order chi connectivity index (χ1) is 11.1. The van der Waals surface area contributed by atoms with Gasteiger partial charge in [-0.3, -0.25) is 0 Å². The Labute approximate surface area is 136 Å². The maximum Gasteiger partial charge on any atom is 0.170 e. The van der Waals surface area contributed by atoms with Crippen molar-refractivity contribution in [1.82, 2.24) is 29.5 Å². The second-order valence-corrected chi connectivity index (χ2v) is 5.53. The molecule has 1 aromatic carbocycles. The molecule has 114 valence electrons. The Morgan fingerprint density at radius 2 is 1.87 bits per heavy atom. The lowest BCUT2D eigenvalue weighted by Gasteiger charge is -2.05. The first-order valence-electron chi connectivity index (χ1n) is 6.90. The number of nitrogen functional groups attached to an aromatic ring is 1. The number of nitrogens with two attached hydrogens (primary N) is 1. The van der Waals surface area contributed by atoms with Crippen LogP contribution in [0.25, 0.3) is 22.5 Å². The normalized spacial score (nSPS) is 11.2. The van der Waals surface area contributed by atoms with Crippen LogP contribution in [0.15, 0.2) is 42.9 Å². The smallest absolute Gasteiger partial charge is 0.170 e. The second kappa shape index (κ2) is 5.06. The Hall–Kier alpha value is -2.93. The molecule has 0 radical (unpaired) electrons. The highest BCUT2D eigenvalue weighted by atomic mass is 35.5. The molecule has 23 heavy (non-hydrogen) atoms. The predicted molar refractivity (Wildman–Crippen MR) is 87.9 cm³/mol. The molecule has 7 nitrogen and oxygen atoms in total. The van der Waals surface area contributed by atoms with E-state index < -0.39 is 0 Å². The van der Waals surface area contributed by atoms with Crippen LogP contribution in [0.3, 0.4) is 0 Å². The zero-order valence-corrected chi connectivity index (χ0v) is 12.9. The fourth-order valence-corrected chi connectivity index (χ4v) is 2.59. The third-order valence-electron chi connectivity index (χ3n) is 3.48. The van der Waals surface area contributed by atoms with Crippen LogP contribution >= 0.6 is 11.6 Å². The first kappa shape index (κ1) is 13.7. The van der Waals surface area contributed by atoms with Gasteiger partial charge < -0.3 is 5.73 Å². The average Bonchev–Trinajstić information content (AvgIpc) is 3.11. The van der Waals surface area contributed by atoms with Gasteiger partial charge in [-0.25, -0.2) is 14.6 Å². The minimum absolute atomic E-state index is 0.516. The summed E-state index contributed by atoms with van der Waals surface area (Å²) in [4.78, 5) is 8.64. The summed E-state index contributed by atoms with van der Waals surface area (Å²) in [6.07, 6.45) is 3.18. The lowest BCUT2D eigenvalue weighted by Crippen LogP contribution is -2.05. The molecule has 0 atom stereocenters. The molecule has 0 bridgehead atoms. The summed E-state index contributed by atoms with van der Waals surface area (Å²) in [5.74, 6) is 1.11. The number of hydrogen-bond donors (Lipinski definition) is 1. The van der Waals surface area contributed by atoms with Gasteiger partial charge in [-0.2, -0.15) is 14.9 Å². The van der Waals surface area contributed by atoms with Crippen molar-refractivity contribution in [3.8, 4) is 11.5 Å². The zero-order valence-electron chi connectivity index (χ0n) is 12.2. The number of halogens is 1. The van der Waals surface area contributed by atoms with Gasteiger partial charge in [-0.1, -0.05) is 11.6 Å². The Bertz CT molecular complexity index is 1000.